The summed E-state index contributed by atoms with van der Waals surface area (Å²) in [6.45, 7) is 7.81. The summed E-state index contributed by atoms with van der Waals surface area (Å²) >= 11 is 1.21. The molecule has 0 unspecified atom stereocenters. The van der Waals surface area contributed by atoms with Crippen molar-refractivity contribution in [2.75, 3.05) is 24.2 Å². The van der Waals surface area contributed by atoms with Gasteiger partial charge in [0, 0.05) is 30.2 Å². The maximum Gasteiger partial charge on any atom is 0.243 e. The second kappa shape index (κ2) is 11.6. The van der Waals surface area contributed by atoms with Gasteiger partial charge < -0.3 is 10.1 Å². The van der Waals surface area contributed by atoms with Crippen molar-refractivity contribution in [1.82, 2.24) is 4.31 Å². The van der Waals surface area contributed by atoms with E-state index in [1.807, 2.05) is 13.8 Å². The van der Waals surface area contributed by atoms with E-state index in [1.165, 1.54) is 40.3 Å². The van der Waals surface area contributed by atoms with Gasteiger partial charge in [0.15, 0.2) is 11.6 Å². The minimum absolute atomic E-state index is 0.0590. The number of hydrogen-bond acceptors (Lipinski definition) is 5. The summed E-state index contributed by atoms with van der Waals surface area (Å²) in [5, 5.41) is 2.72. The molecule has 176 valence electrons. The van der Waals surface area contributed by atoms with Crippen molar-refractivity contribution in [2.24, 2.45) is 0 Å². The molecule has 1 N–H and O–H groups in total. The fourth-order valence-corrected chi connectivity index (χ4v) is 5.24. The molecule has 0 heterocycles. The minimum atomic E-state index is -3.71. The highest BCUT2D eigenvalue weighted by atomic mass is 32.2. The van der Waals surface area contributed by atoms with E-state index in [0.29, 0.717) is 29.5 Å². The number of benzene rings is 2. The van der Waals surface area contributed by atoms with Crippen molar-refractivity contribution in [3.05, 3.63) is 48.0 Å². The number of nitrogens with one attached hydrogen (secondary N) is 1. The number of amides is 1. The molecular weight excluding hydrogens is 458 g/mol. The van der Waals surface area contributed by atoms with Gasteiger partial charge in [-0.1, -0.05) is 13.8 Å². The predicted octanol–water partition coefficient (Wildman–Crippen LogP) is 4.90. The number of hydrogen-bond donors (Lipinski definition) is 1. The number of thioether (sulfide) groups is 1. The number of carbonyl (C=O) groups excluding carboxylic acids is 1. The van der Waals surface area contributed by atoms with Crippen LogP contribution in [0.4, 0.5) is 14.5 Å². The maximum absolute atomic E-state index is 13.3. The number of carbonyl (C=O) groups is 1. The highest BCUT2D eigenvalue weighted by molar-refractivity contribution is 7.99. The highest BCUT2D eigenvalue weighted by Crippen LogP contribution is 2.30. The van der Waals surface area contributed by atoms with Crippen LogP contribution >= 0.6 is 11.8 Å². The first-order valence-electron chi connectivity index (χ1n) is 10.3. The molecule has 32 heavy (non-hydrogen) atoms. The zero-order valence-corrected chi connectivity index (χ0v) is 20.2. The molecule has 10 heteroatoms. The topological polar surface area (TPSA) is 75.7 Å². The first-order valence-corrected chi connectivity index (χ1v) is 12.7. The normalized spacial score (nSPS) is 11.8. The summed E-state index contributed by atoms with van der Waals surface area (Å²) in [6, 6.07) is 7.94. The van der Waals surface area contributed by atoms with Crippen molar-refractivity contribution in [1.29, 1.82) is 0 Å². The summed E-state index contributed by atoms with van der Waals surface area (Å²) in [4.78, 5) is 13.1. The summed E-state index contributed by atoms with van der Waals surface area (Å²) in [7, 11) is -3.71. The molecule has 0 saturated carbocycles. The molecule has 1 amide bonds. The Hall–Kier alpha value is -2.17. The molecule has 0 atom stereocenters. The van der Waals surface area contributed by atoms with Crippen LogP contribution in [0.1, 0.15) is 34.1 Å². The van der Waals surface area contributed by atoms with Crippen LogP contribution in [0.15, 0.2) is 46.2 Å². The van der Waals surface area contributed by atoms with Gasteiger partial charge in [-0.05, 0) is 50.2 Å². The largest absolute Gasteiger partial charge is 0.489 e. The average molecular weight is 487 g/mol. The van der Waals surface area contributed by atoms with Gasteiger partial charge in [0.05, 0.1) is 16.7 Å². The van der Waals surface area contributed by atoms with Crippen molar-refractivity contribution in [3.8, 4) is 5.75 Å². The summed E-state index contributed by atoms with van der Waals surface area (Å²) in [6.07, 6.45) is -0.0996. The molecule has 0 saturated heterocycles. The van der Waals surface area contributed by atoms with Crippen LogP contribution in [0, 0.1) is 11.6 Å². The van der Waals surface area contributed by atoms with Gasteiger partial charge in [-0.3, -0.25) is 4.79 Å². The van der Waals surface area contributed by atoms with Crippen molar-refractivity contribution >= 4 is 33.4 Å². The minimum Gasteiger partial charge on any atom is -0.489 e. The fraction of sp³-hybridized carbons (Fsp3) is 0.409. The summed E-state index contributed by atoms with van der Waals surface area (Å²) in [5.41, 5.74) is 0.259. The number of nitrogens with zero attached hydrogens (tertiary/aromatic N) is 1. The lowest BCUT2D eigenvalue weighted by Crippen LogP contribution is -2.30. The Morgan fingerprint density at radius 1 is 1.09 bits per heavy atom. The predicted molar refractivity (Wildman–Crippen MR) is 123 cm³/mol. The summed E-state index contributed by atoms with van der Waals surface area (Å²) < 4.78 is 59.1. The van der Waals surface area contributed by atoms with Gasteiger partial charge in [-0.25, -0.2) is 17.2 Å². The number of rotatable bonds is 11. The molecule has 2 aromatic carbocycles. The van der Waals surface area contributed by atoms with Crippen LogP contribution in [0.5, 0.6) is 5.75 Å². The molecule has 0 aliphatic heterocycles. The Bertz CT molecular complexity index is 1040. The van der Waals surface area contributed by atoms with Crippen LogP contribution in [0.2, 0.25) is 0 Å². The van der Waals surface area contributed by atoms with Crippen molar-refractivity contribution < 1.29 is 26.7 Å². The third kappa shape index (κ3) is 6.91. The highest BCUT2D eigenvalue weighted by Gasteiger charge is 2.23. The molecule has 0 aliphatic rings. The number of anilines is 1. The Kier molecular flexibility index (Phi) is 9.47. The molecule has 0 aliphatic carbocycles. The van der Waals surface area contributed by atoms with E-state index in [9.17, 15) is 22.0 Å². The average Bonchev–Trinajstić information content (AvgIpc) is 2.72. The van der Waals surface area contributed by atoms with Gasteiger partial charge in [-0.2, -0.15) is 4.31 Å². The summed E-state index contributed by atoms with van der Waals surface area (Å²) in [5.74, 6) is -1.54. The molecule has 2 rings (SSSR count). The fourth-order valence-electron chi connectivity index (χ4n) is 2.88. The zero-order valence-electron chi connectivity index (χ0n) is 18.5. The van der Waals surface area contributed by atoms with Gasteiger partial charge in [-0.15, -0.1) is 11.8 Å². The quantitative estimate of drug-likeness (QED) is 0.457. The zero-order chi connectivity index (χ0) is 23.9. The van der Waals surface area contributed by atoms with Gasteiger partial charge in [0.2, 0.25) is 15.9 Å². The Morgan fingerprint density at radius 3 is 2.38 bits per heavy atom. The van der Waals surface area contributed by atoms with Crippen LogP contribution in [0.25, 0.3) is 0 Å². The Balaban J connectivity index is 2.16. The molecule has 2 aromatic rings. The van der Waals surface area contributed by atoms with E-state index in [4.69, 9.17) is 4.74 Å². The molecule has 0 spiro atoms. The van der Waals surface area contributed by atoms with Gasteiger partial charge in [0.1, 0.15) is 5.75 Å². The first-order chi connectivity index (χ1) is 15.1. The Morgan fingerprint density at radius 2 is 1.78 bits per heavy atom. The van der Waals surface area contributed by atoms with Crippen molar-refractivity contribution in [2.45, 2.75) is 50.0 Å². The van der Waals surface area contributed by atoms with Crippen LogP contribution in [-0.4, -0.2) is 43.6 Å². The molecule has 0 radical (unpaired) electrons. The number of ether oxygens (including phenoxy) is 1. The van der Waals surface area contributed by atoms with Gasteiger partial charge in [0.25, 0.3) is 0 Å². The van der Waals surface area contributed by atoms with Crippen LogP contribution in [0.3, 0.4) is 0 Å². The third-order valence-corrected chi connectivity index (χ3v) is 7.46. The lowest BCUT2D eigenvalue weighted by atomic mass is 10.2. The first kappa shape index (κ1) is 26.1. The van der Waals surface area contributed by atoms with E-state index in [-0.39, 0.29) is 29.0 Å². The number of sulfonamides is 1. The monoisotopic (exact) mass is 486 g/mol. The van der Waals surface area contributed by atoms with E-state index in [0.717, 1.165) is 12.1 Å². The third-order valence-electron chi connectivity index (χ3n) is 4.42. The second-order valence-corrected chi connectivity index (χ2v) is 10.2. The van der Waals surface area contributed by atoms with E-state index >= 15 is 0 Å². The standard InChI is InChI=1S/C22H28F2N2O4S2/c1-5-26(6-2)32(28,29)17-8-10-21(30-15(3)4)20(14-17)25-22(27)11-12-31-16-7-9-18(23)19(24)13-16/h7-10,13-15H,5-6,11-12H2,1-4H3,(H,25,27). The van der Waals surface area contributed by atoms with E-state index in [1.54, 1.807) is 13.8 Å². The Labute approximate surface area is 192 Å². The van der Waals surface area contributed by atoms with E-state index in [2.05, 4.69) is 5.32 Å². The van der Waals surface area contributed by atoms with Crippen LogP contribution < -0.4 is 10.1 Å². The smallest absolute Gasteiger partial charge is 0.243 e. The van der Waals surface area contributed by atoms with Crippen molar-refractivity contribution in [3.63, 3.8) is 0 Å². The lowest BCUT2D eigenvalue weighted by molar-refractivity contribution is -0.115. The van der Waals surface area contributed by atoms with Crippen LogP contribution in [-0.2, 0) is 14.8 Å². The van der Waals surface area contributed by atoms with E-state index < -0.39 is 21.7 Å². The second-order valence-electron chi connectivity index (χ2n) is 7.14. The molecule has 0 bridgehead atoms. The van der Waals surface area contributed by atoms with Gasteiger partial charge >= 0.3 is 0 Å². The molecule has 0 fully saturated rings. The molecular formula is C22H28F2N2O4S2. The number of halogens is 2. The molecule has 0 aromatic heterocycles. The SMILES string of the molecule is CCN(CC)S(=O)(=O)c1ccc(OC(C)C)c(NC(=O)CCSc2ccc(F)c(F)c2)c1. The molecule has 6 nitrogen and oxygen atoms in total. The maximum atomic E-state index is 13.3. The lowest BCUT2D eigenvalue weighted by Gasteiger charge is -2.20.